The lowest BCUT2D eigenvalue weighted by Crippen LogP contribution is -2.43. The molecule has 3 rings (SSSR count). The van der Waals surface area contributed by atoms with E-state index in [0.717, 1.165) is 11.1 Å². The van der Waals surface area contributed by atoms with Gasteiger partial charge in [-0.15, -0.1) is 0 Å². The van der Waals surface area contributed by atoms with Crippen molar-refractivity contribution in [2.24, 2.45) is 11.7 Å². The average Bonchev–Trinajstić information content (AvgIpc) is 3.04. The molecule has 0 radical (unpaired) electrons. The number of primary amides is 1. The van der Waals surface area contributed by atoms with E-state index >= 15 is 0 Å². The molecular formula is C17H20N4O2. The number of nitrogens with zero attached hydrogens (tertiary/aromatic N) is 3. The molecule has 2 amide bonds. The maximum absolute atomic E-state index is 12.3. The first-order chi connectivity index (χ1) is 11.1. The molecule has 6 heteroatoms. The third kappa shape index (κ3) is 3.59. The highest BCUT2D eigenvalue weighted by Gasteiger charge is 2.25. The van der Waals surface area contributed by atoms with Crippen LogP contribution in [0.3, 0.4) is 0 Å². The van der Waals surface area contributed by atoms with Crippen molar-refractivity contribution in [2.75, 3.05) is 13.1 Å². The lowest BCUT2D eigenvalue weighted by Gasteiger charge is -2.30. The number of piperidine rings is 1. The van der Waals surface area contributed by atoms with Crippen molar-refractivity contribution in [1.29, 1.82) is 0 Å². The third-order valence-electron chi connectivity index (χ3n) is 4.29. The Balaban J connectivity index is 1.59. The van der Waals surface area contributed by atoms with Crippen molar-refractivity contribution in [3.63, 3.8) is 0 Å². The molecule has 0 saturated carbocycles. The van der Waals surface area contributed by atoms with Crippen LogP contribution in [0.15, 0.2) is 42.7 Å². The zero-order valence-corrected chi connectivity index (χ0v) is 12.9. The second-order valence-corrected chi connectivity index (χ2v) is 5.85. The highest BCUT2D eigenvalue weighted by atomic mass is 16.2. The zero-order valence-electron chi connectivity index (χ0n) is 12.9. The second kappa shape index (κ2) is 6.64. The van der Waals surface area contributed by atoms with E-state index in [9.17, 15) is 9.59 Å². The summed E-state index contributed by atoms with van der Waals surface area (Å²) in [5, 5.41) is 4.27. The SMILES string of the molecule is NC(=O)C1CCN(C(=O)Cn2cc(-c3ccccc3)cn2)CC1. The predicted octanol–water partition coefficient (Wildman–Crippen LogP) is 1.27. The van der Waals surface area contributed by atoms with Crippen LogP contribution in [-0.4, -0.2) is 39.6 Å². The molecule has 1 fully saturated rings. The van der Waals surface area contributed by atoms with Crippen LogP contribution in [0.1, 0.15) is 12.8 Å². The van der Waals surface area contributed by atoms with Gasteiger partial charge >= 0.3 is 0 Å². The fourth-order valence-electron chi connectivity index (χ4n) is 2.88. The van der Waals surface area contributed by atoms with Gasteiger partial charge in [0.2, 0.25) is 11.8 Å². The summed E-state index contributed by atoms with van der Waals surface area (Å²) in [4.78, 5) is 25.3. The first kappa shape index (κ1) is 15.3. The topological polar surface area (TPSA) is 81.2 Å². The Morgan fingerprint density at radius 1 is 1.13 bits per heavy atom. The highest BCUT2D eigenvalue weighted by Crippen LogP contribution is 2.19. The maximum Gasteiger partial charge on any atom is 0.244 e. The summed E-state index contributed by atoms with van der Waals surface area (Å²) in [6.07, 6.45) is 4.94. The summed E-state index contributed by atoms with van der Waals surface area (Å²) in [7, 11) is 0. The van der Waals surface area contributed by atoms with Crippen molar-refractivity contribution >= 4 is 11.8 Å². The Labute approximate surface area is 134 Å². The van der Waals surface area contributed by atoms with Crippen molar-refractivity contribution in [3.05, 3.63) is 42.7 Å². The summed E-state index contributed by atoms with van der Waals surface area (Å²) < 4.78 is 1.66. The number of carbonyl (C=O) groups excluding carboxylic acids is 2. The van der Waals surface area contributed by atoms with Crippen LogP contribution in [0.2, 0.25) is 0 Å². The molecule has 0 atom stereocenters. The number of benzene rings is 1. The van der Waals surface area contributed by atoms with Gasteiger partial charge in [-0.2, -0.15) is 5.10 Å². The monoisotopic (exact) mass is 312 g/mol. The van der Waals surface area contributed by atoms with Crippen LogP contribution in [0.5, 0.6) is 0 Å². The van der Waals surface area contributed by atoms with Gasteiger partial charge in [0.05, 0.1) is 6.20 Å². The minimum Gasteiger partial charge on any atom is -0.369 e. The first-order valence-electron chi connectivity index (χ1n) is 7.78. The molecule has 1 aliphatic rings. The molecule has 2 N–H and O–H groups in total. The summed E-state index contributed by atoms with van der Waals surface area (Å²) in [5.74, 6) is -0.347. The molecule has 2 aromatic rings. The van der Waals surface area contributed by atoms with Gasteiger partial charge < -0.3 is 10.6 Å². The molecule has 1 aromatic carbocycles. The van der Waals surface area contributed by atoms with E-state index in [-0.39, 0.29) is 24.3 Å². The molecule has 0 bridgehead atoms. The third-order valence-corrected chi connectivity index (χ3v) is 4.29. The molecule has 23 heavy (non-hydrogen) atoms. The Bertz CT molecular complexity index is 688. The van der Waals surface area contributed by atoms with Crippen molar-refractivity contribution < 1.29 is 9.59 Å². The van der Waals surface area contributed by atoms with Crippen molar-refractivity contribution in [1.82, 2.24) is 14.7 Å². The van der Waals surface area contributed by atoms with Gasteiger partial charge in [0.15, 0.2) is 0 Å². The molecular weight excluding hydrogens is 292 g/mol. The van der Waals surface area contributed by atoms with Gasteiger partial charge in [0.1, 0.15) is 6.54 Å². The van der Waals surface area contributed by atoms with Crippen LogP contribution >= 0.6 is 0 Å². The van der Waals surface area contributed by atoms with Crippen LogP contribution < -0.4 is 5.73 Å². The van der Waals surface area contributed by atoms with Gasteiger partial charge in [-0.3, -0.25) is 14.3 Å². The van der Waals surface area contributed by atoms with Gasteiger partial charge in [-0.05, 0) is 18.4 Å². The standard InChI is InChI=1S/C17H20N4O2/c18-17(23)14-6-8-20(9-7-14)16(22)12-21-11-15(10-19-21)13-4-2-1-3-5-13/h1-5,10-11,14H,6-9,12H2,(H2,18,23). The lowest BCUT2D eigenvalue weighted by molar-refractivity contribution is -0.135. The lowest BCUT2D eigenvalue weighted by atomic mass is 9.96. The number of rotatable bonds is 4. The van der Waals surface area contributed by atoms with E-state index in [0.29, 0.717) is 25.9 Å². The molecule has 0 unspecified atom stereocenters. The molecule has 6 nitrogen and oxygen atoms in total. The van der Waals surface area contributed by atoms with E-state index in [1.807, 2.05) is 36.5 Å². The molecule has 0 aliphatic carbocycles. The molecule has 120 valence electrons. The zero-order chi connectivity index (χ0) is 16.2. The second-order valence-electron chi connectivity index (χ2n) is 5.85. The van der Waals surface area contributed by atoms with Crippen LogP contribution in [0.25, 0.3) is 11.1 Å². The van der Waals surface area contributed by atoms with Crippen molar-refractivity contribution in [2.45, 2.75) is 19.4 Å². The summed E-state index contributed by atoms with van der Waals surface area (Å²) in [5.41, 5.74) is 7.38. The van der Waals surface area contributed by atoms with Gasteiger partial charge in [0, 0.05) is 30.8 Å². The number of hydrogen-bond donors (Lipinski definition) is 1. The normalized spacial score (nSPS) is 15.6. The molecule has 1 aromatic heterocycles. The summed E-state index contributed by atoms with van der Waals surface area (Å²) >= 11 is 0. The molecule has 2 heterocycles. The minimum atomic E-state index is -0.267. The number of likely N-dealkylation sites (tertiary alicyclic amines) is 1. The number of nitrogens with two attached hydrogens (primary N) is 1. The average molecular weight is 312 g/mol. The largest absolute Gasteiger partial charge is 0.369 e. The van der Waals surface area contributed by atoms with Gasteiger partial charge in [0.25, 0.3) is 0 Å². The predicted molar refractivity (Wildman–Crippen MR) is 86.2 cm³/mol. The minimum absolute atomic E-state index is 0.0237. The summed E-state index contributed by atoms with van der Waals surface area (Å²) in [6, 6.07) is 9.93. The van der Waals surface area contributed by atoms with E-state index in [2.05, 4.69) is 5.10 Å². The molecule has 1 aliphatic heterocycles. The maximum atomic E-state index is 12.3. The van der Waals surface area contributed by atoms with Crippen LogP contribution in [0, 0.1) is 5.92 Å². The number of hydrogen-bond acceptors (Lipinski definition) is 3. The number of amides is 2. The molecule has 1 saturated heterocycles. The van der Waals surface area contributed by atoms with Crippen molar-refractivity contribution in [3.8, 4) is 11.1 Å². The number of aromatic nitrogens is 2. The Morgan fingerprint density at radius 2 is 1.83 bits per heavy atom. The van der Waals surface area contributed by atoms with E-state index < -0.39 is 0 Å². The Hall–Kier alpha value is -2.63. The number of carbonyl (C=O) groups is 2. The molecule has 0 spiro atoms. The fourth-order valence-corrected chi connectivity index (χ4v) is 2.88. The van der Waals surface area contributed by atoms with E-state index in [4.69, 9.17) is 5.73 Å². The highest BCUT2D eigenvalue weighted by molar-refractivity contribution is 5.78. The fraction of sp³-hybridized carbons (Fsp3) is 0.353. The van der Waals surface area contributed by atoms with E-state index in [1.165, 1.54) is 0 Å². The first-order valence-corrected chi connectivity index (χ1v) is 7.78. The quantitative estimate of drug-likeness (QED) is 0.923. The Kier molecular flexibility index (Phi) is 4.41. The summed E-state index contributed by atoms with van der Waals surface area (Å²) in [6.45, 7) is 1.38. The smallest absolute Gasteiger partial charge is 0.244 e. The van der Waals surface area contributed by atoms with Gasteiger partial charge in [-0.25, -0.2) is 0 Å². The van der Waals surface area contributed by atoms with E-state index in [1.54, 1.807) is 15.8 Å². The van der Waals surface area contributed by atoms with Crippen LogP contribution in [-0.2, 0) is 16.1 Å². The Morgan fingerprint density at radius 3 is 2.48 bits per heavy atom. The van der Waals surface area contributed by atoms with Gasteiger partial charge in [-0.1, -0.05) is 30.3 Å². The van der Waals surface area contributed by atoms with Crippen LogP contribution in [0.4, 0.5) is 0 Å².